The minimum absolute atomic E-state index is 0.118. The highest BCUT2D eigenvalue weighted by Gasteiger charge is 2.12. The molecule has 1 amide bonds. The van der Waals surface area contributed by atoms with E-state index >= 15 is 0 Å². The summed E-state index contributed by atoms with van der Waals surface area (Å²) in [5, 5.41) is 11.4. The number of carbonyl (C=O) groups excluding carboxylic acids is 1. The molecule has 0 unspecified atom stereocenters. The predicted molar refractivity (Wildman–Crippen MR) is 79.4 cm³/mol. The molecule has 0 heterocycles. The van der Waals surface area contributed by atoms with Crippen molar-refractivity contribution in [1.82, 2.24) is 0 Å². The molecule has 3 N–H and O–H groups in total. The number of nitrogens with zero attached hydrogens (tertiary/aromatic N) is 1. The lowest BCUT2D eigenvalue weighted by Crippen LogP contribution is -2.14. The summed E-state index contributed by atoms with van der Waals surface area (Å²) >= 11 is 0. The maximum absolute atomic E-state index is 13.2. The molecule has 0 saturated carbocycles. The van der Waals surface area contributed by atoms with E-state index in [9.17, 15) is 9.18 Å². The van der Waals surface area contributed by atoms with Gasteiger partial charge in [0.15, 0.2) is 0 Å². The van der Waals surface area contributed by atoms with Crippen LogP contribution >= 0.6 is 0 Å². The molecule has 0 saturated heterocycles. The first-order valence-corrected chi connectivity index (χ1v) is 6.30. The number of carbonyl (C=O) groups is 1. The number of nitriles is 1. The van der Waals surface area contributed by atoms with E-state index in [0.717, 1.165) is 17.2 Å². The smallest absolute Gasteiger partial charge is 0.256 e. The van der Waals surface area contributed by atoms with Crippen LogP contribution in [-0.2, 0) is 0 Å². The number of hydrogen-bond acceptors (Lipinski definition) is 3. The predicted octanol–water partition coefficient (Wildman–Crippen LogP) is 3.15. The highest BCUT2D eigenvalue weighted by atomic mass is 19.1. The summed E-state index contributed by atoms with van der Waals surface area (Å²) in [4.78, 5) is 12.2. The van der Waals surface area contributed by atoms with Crippen LogP contribution in [0.4, 0.5) is 15.8 Å². The summed E-state index contributed by atoms with van der Waals surface area (Å²) in [5.41, 5.74) is 8.72. The third-order valence-corrected chi connectivity index (χ3v) is 3.20. The second-order valence-electron chi connectivity index (χ2n) is 4.78. The molecule has 5 heteroatoms. The number of nitrogen functional groups attached to an aromatic ring is 1. The summed E-state index contributed by atoms with van der Waals surface area (Å²) in [6, 6.07) is 9.00. The molecular formula is C16H14FN3O. The van der Waals surface area contributed by atoms with Gasteiger partial charge in [-0.1, -0.05) is 6.07 Å². The van der Waals surface area contributed by atoms with Crippen LogP contribution in [0.2, 0.25) is 0 Å². The zero-order valence-corrected chi connectivity index (χ0v) is 11.7. The Morgan fingerprint density at radius 3 is 2.62 bits per heavy atom. The number of anilines is 2. The second-order valence-corrected chi connectivity index (χ2v) is 4.78. The van der Waals surface area contributed by atoms with Gasteiger partial charge in [0, 0.05) is 16.9 Å². The van der Waals surface area contributed by atoms with E-state index in [4.69, 9.17) is 11.0 Å². The van der Waals surface area contributed by atoms with E-state index < -0.39 is 5.82 Å². The van der Waals surface area contributed by atoms with Crippen LogP contribution in [-0.4, -0.2) is 5.91 Å². The molecule has 0 radical (unpaired) electrons. The maximum atomic E-state index is 13.2. The van der Waals surface area contributed by atoms with Crippen LogP contribution in [0.5, 0.6) is 0 Å². The first-order chi connectivity index (χ1) is 9.92. The fourth-order valence-corrected chi connectivity index (χ4v) is 2.00. The van der Waals surface area contributed by atoms with E-state index in [1.54, 1.807) is 12.1 Å². The summed E-state index contributed by atoms with van der Waals surface area (Å²) in [5.74, 6) is -0.971. The highest BCUT2D eigenvalue weighted by molar-refractivity contribution is 6.06. The van der Waals surface area contributed by atoms with Gasteiger partial charge in [-0.3, -0.25) is 4.79 Å². The molecule has 0 fully saturated rings. The summed E-state index contributed by atoms with van der Waals surface area (Å²) in [6.45, 7) is 3.68. The first-order valence-electron chi connectivity index (χ1n) is 6.30. The Bertz CT molecular complexity index is 763. The van der Waals surface area contributed by atoms with Gasteiger partial charge in [0.1, 0.15) is 11.9 Å². The van der Waals surface area contributed by atoms with Crippen LogP contribution in [0, 0.1) is 31.0 Å². The fourth-order valence-electron chi connectivity index (χ4n) is 2.00. The average molecular weight is 283 g/mol. The van der Waals surface area contributed by atoms with E-state index in [2.05, 4.69) is 5.32 Å². The lowest BCUT2D eigenvalue weighted by Gasteiger charge is -2.10. The molecule has 0 aliphatic carbocycles. The number of nitrogens with two attached hydrogens (primary N) is 1. The van der Waals surface area contributed by atoms with Crippen molar-refractivity contribution in [3.05, 3.63) is 58.4 Å². The van der Waals surface area contributed by atoms with Crippen molar-refractivity contribution in [2.75, 3.05) is 11.1 Å². The Hall–Kier alpha value is -2.87. The van der Waals surface area contributed by atoms with Crippen molar-refractivity contribution in [1.29, 1.82) is 5.26 Å². The van der Waals surface area contributed by atoms with Gasteiger partial charge in [-0.25, -0.2) is 4.39 Å². The maximum Gasteiger partial charge on any atom is 0.256 e. The van der Waals surface area contributed by atoms with Gasteiger partial charge in [0.2, 0.25) is 0 Å². The normalized spacial score (nSPS) is 10.0. The molecule has 2 aromatic carbocycles. The van der Waals surface area contributed by atoms with Gasteiger partial charge >= 0.3 is 0 Å². The van der Waals surface area contributed by atoms with Crippen molar-refractivity contribution in [2.45, 2.75) is 13.8 Å². The van der Waals surface area contributed by atoms with Gasteiger partial charge < -0.3 is 11.1 Å². The van der Waals surface area contributed by atoms with Crippen LogP contribution in [0.15, 0.2) is 30.3 Å². The topological polar surface area (TPSA) is 78.9 Å². The largest absolute Gasteiger partial charge is 0.398 e. The number of halogens is 1. The van der Waals surface area contributed by atoms with Crippen molar-refractivity contribution < 1.29 is 9.18 Å². The quantitative estimate of drug-likeness (QED) is 0.831. The first kappa shape index (κ1) is 14.5. The highest BCUT2D eigenvalue weighted by Crippen LogP contribution is 2.20. The molecule has 0 bridgehead atoms. The molecule has 0 atom stereocenters. The van der Waals surface area contributed by atoms with Gasteiger partial charge in [0.05, 0.1) is 5.56 Å². The molecule has 106 valence electrons. The lowest BCUT2D eigenvalue weighted by atomic mass is 10.0. The Morgan fingerprint density at radius 2 is 1.95 bits per heavy atom. The molecule has 0 spiro atoms. The van der Waals surface area contributed by atoms with Gasteiger partial charge in [-0.15, -0.1) is 0 Å². The van der Waals surface area contributed by atoms with Crippen LogP contribution in [0.25, 0.3) is 0 Å². The number of rotatable bonds is 2. The van der Waals surface area contributed by atoms with Crippen LogP contribution < -0.4 is 11.1 Å². The summed E-state index contributed by atoms with van der Waals surface area (Å²) < 4.78 is 13.2. The number of hydrogen-bond donors (Lipinski definition) is 2. The standard InChI is InChI=1S/C16H14FN3O/c1-9-5-10(2)15(19)7-13(9)16(21)20-12-3-4-14(17)11(6-12)8-18/h3-7H,19H2,1-2H3,(H,20,21). The molecule has 4 nitrogen and oxygen atoms in total. The molecule has 0 aliphatic rings. The molecule has 2 aromatic rings. The Morgan fingerprint density at radius 1 is 1.24 bits per heavy atom. The van der Waals surface area contributed by atoms with Gasteiger partial charge in [0.25, 0.3) is 5.91 Å². The number of benzene rings is 2. The minimum Gasteiger partial charge on any atom is -0.398 e. The van der Waals surface area contributed by atoms with Crippen LogP contribution in [0.1, 0.15) is 27.0 Å². The number of amides is 1. The third-order valence-electron chi connectivity index (χ3n) is 3.20. The molecule has 21 heavy (non-hydrogen) atoms. The zero-order chi connectivity index (χ0) is 15.6. The lowest BCUT2D eigenvalue weighted by molar-refractivity contribution is 0.102. The van der Waals surface area contributed by atoms with Crippen LogP contribution in [0.3, 0.4) is 0 Å². The van der Waals surface area contributed by atoms with E-state index in [1.165, 1.54) is 12.1 Å². The number of nitrogens with one attached hydrogen (secondary N) is 1. The Kier molecular flexibility index (Phi) is 3.90. The van der Waals surface area contributed by atoms with Crippen molar-refractivity contribution in [3.63, 3.8) is 0 Å². The fraction of sp³-hybridized carbons (Fsp3) is 0.125. The minimum atomic E-state index is -0.619. The molecule has 0 aromatic heterocycles. The van der Waals surface area contributed by atoms with E-state index in [0.29, 0.717) is 16.9 Å². The summed E-state index contributed by atoms with van der Waals surface area (Å²) in [7, 11) is 0. The Labute approximate surface area is 122 Å². The van der Waals surface area contributed by atoms with E-state index in [1.807, 2.05) is 19.9 Å². The zero-order valence-electron chi connectivity index (χ0n) is 11.7. The van der Waals surface area contributed by atoms with Gasteiger partial charge in [-0.05, 0) is 49.2 Å². The molecule has 2 rings (SSSR count). The third kappa shape index (κ3) is 3.00. The van der Waals surface area contributed by atoms with Gasteiger partial charge in [-0.2, -0.15) is 5.26 Å². The monoisotopic (exact) mass is 283 g/mol. The van der Waals surface area contributed by atoms with Crippen molar-refractivity contribution >= 4 is 17.3 Å². The number of aryl methyl sites for hydroxylation is 2. The Balaban J connectivity index is 2.31. The molecule has 0 aliphatic heterocycles. The SMILES string of the molecule is Cc1cc(C)c(C(=O)Nc2ccc(F)c(C#N)c2)cc1N. The molecular weight excluding hydrogens is 269 g/mol. The average Bonchev–Trinajstić information content (AvgIpc) is 2.44. The van der Waals surface area contributed by atoms with Crippen molar-refractivity contribution in [3.8, 4) is 6.07 Å². The van der Waals surface area contributed by atoms with Crippen molar-refractivity contribution in [2.24, 2.45) is 0 Å². The summed E-state index contributed by atoms with van der Waals surface area (Å²) in [6.07, 6.45) is 0. The second kappa shape index (κ2) is 5.63. The van der Waals surface area contributed by atoms with E-state index in [-0.39, 0.29) is 11.5 Å².